The Morgan fingerprint density at radius 1 is 0.931 bits per heavy atom. The molecule has 0 fully saturated rings. The summed E-state index contributed by atoms with van der Waals surface area (Å²) in [6, 6.07) is 13.3. The van der Waals surface area contributed by atoms with E-state index in [9.17, 15) is 13.2 Å². The van der Waals surface area contributed by atoms with E-state index in [-0.39, 0.29) is 21.8 Å². The number of carbonyl (C=O) groups excluding carboxylic acids is 1. The van der Waals surface area contributed by atoms with Crippen LogP contribution in [-0.4, -0.2) is 26.9 Å². The maximum absolute atomic E-state index is 12.8. The predicted molar refractivity (Wildman–Crippen MR) is 119 cm³/mol. The number of carbonyl (C=O) groups is 1. The van der Waals surface area contributed by atoms with Crippen LogP contribution in [0.2, 0.25) is 0 Å². The predicted octanol–water partition coefficient (Wildman–Crippen LogP) is 4.76. The molecule has 0 aliphatic carbocycles. The van der Waals surface area contributed by atoms with E-state index in [2.05, 4.69) is 26.1 Å². The van der Waals surface area contributed by atoms with Gasteiger partial charge in [-0.2, -0.15) is 0 Å². The summed E-state index contributed by atoms with van der Waals surface area (Å²) in [5.74, 6) is -0.171. The second-order valence-electron chi connectivity index (χ2n) is 9.41. The van der Waals surface area contributed by atoms with E-state index in [1.807, 2.05) is 20.8 Å². The van der Waals surface area contributed by atoms with Gasteiger partial charge < -0.3 is 5.32 Å². The van der Waals surface area contributed by atoms with Gasteiger partial charge in [-0.05, 0) is 69.0 Å². The first-order valence-electron chi connectivity index (χ1n) is 9.69. The van der Waals surface area contributed by atoms with Crippen LogP contribution in [0.3, 0.4) is 0 Å². The molecule has 2 aromatic rings. The molecule has 0 aromatic heterocycles. The van der Waals surface area contributed by atoms with E-state index in [0.717, 1.165) is 12.0 Å². The Morgan fingerprint density at radius 3 is 1.93 bits per heavy atom. The standard InChI is InChI=1S/C23H32N2O3S/c1-17-8-14-20(15-9-17)29(27,28)25(7)19-12-10-18(11-13-19)21(26)24-23(5,6)16-22(2,3)4/h8-15H,16H2,1-7H3,(H,24,26). The van der Waals surface area contributed by atoms with Crippen molar-refractivity contribution < 1.29 is 13.2 Å². The van der Waals surface area contributed by atoms with E-state index >= 15 is 0 Å². The van der Waals surface area contributed by atoms with Crippen molar-refractivity contribution in [2.45, 2.75) is 58.4 Å². The molecule has 0 unspecified atom stereocenters. The van der Waals surface area contributed by atoms with Gasteiger partial charge in [0.05, 0.1) is 10.6 Å². The van der Waals surface area contributed by atoms with Gasteiger partial charge in [-0.15, -0.1) is 0 Å². The molecule has 1 N–H and O–H groups in total. The Balaban J connectivity index is 2.17. The van der Waals surface area contributed by atoms with Crippen molar-refractivity contribution in [3.63, 3.8) is 0 Å². The van der Waals surface area contributed by atoms with Crippen molar-refractivity contribution in [2.24, 2.45) is 5.41 Å². The topological polar surface area (TPSA) is 66.5 Å². The molecule has 6 heteroatoms. The van der Waals surface area contributed by atoms with Crippen molar-refractivity contribution >= 4 is 21.6 Å². The second kappa shape index (κ2) is 8.19. The van der Waals surface area contributed by atoms with E-state index in [1.54, 1.807) is 48.5 Å². The molecular weight excluding hydrogens is 384 g/mol. The maximum Gasteiger partial charge on any atom is 0.264 e. The zero-order valence-electron chi connectivity index (χ0n) is 18.4. The molecule has 0 atom stereocenters. The van der Waals surface area contributed by atoms with Crippen molar-refractivity contribution in [1.29, 1.82) is 0 Å². The molecule has 0 radical (unpaired) electrons. The van der Waals surface area contributed by atoms with Gasteiger partial charge in [0.1, 0.15) is 0 Å². The highest BCUT2D eigenvalue weighted by atomic mass is 32.2. The lowest BCUT2D eigenvalue weighted by atomic mass is 9.81. The first kappa shape index (κ1) is 22.9. The summed E-state index contributed by atoms with van der Waals surface area (Å²) in [5, 5.41) is 3.07. The number of amides is 1. The van der Waals surface area contributed by atoms with Gasteiger partial charge in [0, 0.05) is 18.2 Å². The number of benzene rings is 2. The smallest absolute Gasteiger partial charge is 0.264 e. The molecule has 29 heavy (non-hydrogen) atoms. The van der Waals surface area contributed by atoms with Crippen LogP contribution in [-0.2, 0) is 10.0 Å². The minimum atomic E-state index is -3.66. The fourth-order valence-corrected chi connectivity index (χ4v) is 4.77. The molecule has 2 aromatic carbocycles. The molecule has 0 saturated heterocycles. The van der Waals surface area contributed by atoms with Crippen LogP contribution in [0, 0.1) is 12.3 Å². The minimum absolute atomic E-state index is 0.0910. The highest BCUT2D eigenvalue weighted by molar-refractivity contribution is 7.92. The summed E-state index contributed by atoms with van der Waals surface area (Å²) in [7, 11) is -2.15. The Hall–Kier alpha value is -2.34. The summed E-state index contributed by atoms with van der Waals surface area (Å²) in [6.07, 6.45) is 0.835. The monoisotopic (exact) mass is 416 g/mol. The lowest BCUT2D eigenvalue weighted by Crippen LogP contribution is -2.45. The fourth-order valence-electron chi connectivity index (χ4n) is 3.58. The third-order valence-electron chi connectivity index (χ3n) is 4.60. The van der Waals surface area contributed by atoms with E-state index in [0.29, 0.717) is 11.3 Å². The molecule has 0 aliphatic rings. The second-order valence-corrected chi connectivity index (χ2v) is 11.4. The summed E-state index contributed by atoms with van der Waals surface area (Å²) >= 11 is 0. The maximum atomic E-state index is 12.8. The molecule has 0 spiro atoms. The Morgan fingerprint density at radius 2 is 1.45 bits per heavy atom. The van der Waals surface area contributed by atoms with Gasteiger partial charge in [-0.1, -0.05) is 38.5 Å². The normalized spacial score (nSPS) is 12.5. The van der Waals surface area contributed by atoms with Crippen molar-refractivity contribution in [3.8, 4) is 0 Å². The highest BCUT2D eigenvalue weighted by Crippen LogP contribution is 2.27. The van der Waals surface area contributed by atoms with Gasteiger partial charge in [0.15, 0.2) is 0 Å². The first-order chi connectivity index (χ1) is 13.2. The quantitative estimate of drug-likeness (QED) is 0.738. The van der Waals surface area contributed by atoms with Crippen molar-refractivity contribution in [1.82, 2.24) is 5.32 Å². The molecule has 0 aliphatic heterocycles. The van der Waals surface area contributed by atoms with Gasteiger partial charge >= 0.3 is 0 Å². The zero-order valence-corrected chi connectivity index (χ0v) is 19.2. The lowest BCUT2D eigenvalue weighted by molar-refractivity contribution is 0.0891. The number of hydrogen-bond acceptors (Lipinski definition) is 3. The van der Waals surface area contributed by atoms with Crippen LogP contribution < -0.4 is 9.62 Å². The first-order valence-corrected chi connectivity index (χ1v) is 11.1. The van der Waals surface area contributed by atoms with Crippen LogP contribution in [0.4, 0.5) is 5.69 Å². The number of hydrogen-bond donors (Lipinski definition) is 1. The van der Waals surface area contributed by atoms with E-state index in [1.165, 1.54) is 11.4 Å². The summed E-state index contributed by atoms with van der Waals surface area (Å²) in [6.45, 7) is 12.3. The SMILES string of the molecule is Cc1ccc(S(=O)(=O)N(C)c2ccc(C(=O)NC(C)(C)CC(C)(C)C)cc2)cc1. The van der Waals surface area contributed by atoms with Crippen LogP contribution >= 0.6 is 0 Å². The number of sulfonamides is 1. The van der Waals surface area contributed by atoms with Crippen molar-refractivity contribution in [2.75, 3.05) is 11.4 Å². The fraction of sp³-hybridized carbons (Fsp3) is 0.435. The molecule has 0 bridgehead atoms. The molecule has 158 valence electrons. The molecule has 0 saturated carbocycles. The largest absolute Gasteiger partial charge is 0.347 e. The Bertz CT molecular complexity index is 955. The number of nitrogens with one attached hydrogen (secondary N) is 1. The number of nitrogens with zero attached hydrogens (tertiary/aromatic N) is 1. The van der Waals surface area contributed by atoms with Crippen LogP contribution in [0.15, 0.2) is 53.4 Å². The molecule has 1 amide bonds. The minimum Gasteiger partial charge on any atom is -0.347 e. The summed E-state index contributed by atoms with van der Waals surface area (Å²) in [4.78, 5) is 12.9. The average molecular weight is 417 g/mol. The zero-order chi connectivity index (χ0) is 22.0. The van der Waals surface area contributed by atoms with Gasteiger partial charge in [-0.3, -0.25) is 9.10 Å². The van der Waals surface area contributed by atoms with Gasteiger partial charge in [0.2, 0.25) is 0 Å². The van der Waals surface area contributed by atoms with Crippen molar-refractivity contribution in [3.05, 3.63) is 59.7 Å². The van der Waals surface area contributed by atoms with Gasteiger partial charge in [-0.25, -0.2) is 8.42 Å². The lowest BCUT2D eigenvalue weighted by Gasteiger charge is -2.33. The average Bonchev–Trinajstić information content (AvgIpc) is 2.59. The molecule has 5 nitrogen and oxygen atoms in total. The Kier molecular flexibility index (Phi) is 6.48. The number of rotatable bonds is 6. The Labute approximate surface area is 175 Å². The number of anilines is 1. The van der Waals surface area contributed by atoms with Gasteiger partial charge in [0.25, 0.3) is 15.9 Å². The van der Waals surface area contributed by atoms with E-state index < -0.39 is 10.0 Å². The highest BCUT2D eigenvalue weighted by Gasteiger charge is 2.27. The third kappa shape index (κ3) is 6.07. The van der Waals surface area contributed by atoms with E-state index in [4.69, 9.17) is 0 Å². The molecule has 0 heterocycles. The summed E-state index contributed by atoms with van der Waals surface area (Å²) in [5.41, 5.74) is 1.73. The summed E-state index contributed by atoms with van der Waals surface area (Å²) < 4.78 is 26.9. The van der Waals surface area contributed by atoms with Crippen LogP contribution in [0.25, 0.3) is 0 Å². The third-order valence-corrected chi connectivity index (χ3v) is 6.40. The molecular formula is C23H32N2O3S. The van der Waals surface area contributed by atoms with Crippen LogP contribution in [0.1, 0.15) is 57.0 Å². The molecule has 2 rings (SSSR count). The van der Waals surface area contributed by atoms with Crippen LogP contribution in [0.5, 0.6) is 0 Å². The number of aryl methyl sites for hydroxylation is 1.